The average molecular weight is 353 g/mol. The molecule has 26 heavy (non-hydrogen) atoms. The second-order valence-electron chi connectivity index (χ2n) is 6.88. The van der Waals surface area contributed by atoms with Crippen molar-refractivity contribution in [2.75, 3.05) is 23.8 Å². The molecule has 1 fully saturated rings. The van der Waals surface area contributed by atoms with Crippen molar-refractivity contribution in [3.05, 3.63) is 58.9 Å². The summed E-state index contributed by atoms with van der Waals surface area (Å²) in [6.45, 7) is 2.43. The van der Waals surface area contributed by atoms with Crippen LogP contribution in [0.15, 0.2) is 36.4 Å². The third-order valence-corrected chi connectivity index (χ3v) is 5.22. The fourth-order valence-corrected chi connectivity index (χ4v) is 3.78. The Kier molecular flexibility index (Phi) is 3.90. The van der Waals surface area contributed by atoms with Crippen molar-refractivity contribution >= 4 is 23.2 Å². The number of hydrogen-bond donors (Lipinski definition) is 1. The summed E-state index contributed by atoms with van der Waals surface area (Å²) in [5, 5.41) is 2.79. The van der Waals surface area contributed by atoms with E-state index in [4.69, 9.17) is 0 Å². The van der Waals surface area contributed by atoms with Crippen molar-refractivity contribution in [2.45, 2.75) is 25.9 Å². The van der Waals surface area contributed by atoms with E-state index in [1.807, 2.05) is 11.9 Å². The lowest BCUT2D eigenvalue weighted by Gasteiger charge is -2.40. The summed E-state index contributed by atoms with van der Waals surface area (Å²) >= 11 is 0. The Morgan fingerprint density at radius 3 is 2.81 bits per heavy atom. The molecule has 5 nitrogen and oxygen atoms in total. The van der Waals surface area contributed by atoms with Gasteiger partial charge in [0.2, 0.25) is 0 Å². The third-order valence-electron chi connectivity index (χ3n) is 5.22. The van der Waals surface area contributed by atoms with E-state index < -0.39 is 0 Å². The maximum Gasteiger partial charge on any atom is 0.257 e. The van der Waals surface area contributed by atoms with Gasteiger partial charge in [0.15, 0.2) is 0 Å². The zero-order chi connectivity index (χ0) is 18.4. The van der Waals surface area contributed by atoms with Crippen molar-refractivity contribution in [1.82, 2.24) is 4.90 Å². The van der Waals surface area contributed by atoms with Crippen LogP contribution in [-0.4, -0.2) is 36.5 Å². The highest BCUT2D eigenvalue weighted by Gasteiger charge is 2.38. The van der Waals surface area contributed by atoms with Crippen LogP contribution in [0.4, 0.5) is 15.8 Å². The van der Waals surface area contributed by atoms with Crippen LogP contribution in [0.1, 0.15) is 39.1 Å². The minimum atomic E-state index is -0.307. The number of carbonyl (C=O) groups is 2. The number of nitrogens with one attached hydrogen (secondary N) is 1. The lowest BCUT2D eigenvalue weighted by atomic mass is 10.0. The molecule has 134 valence electrons. The molecule has 2 aromatic rings. The average Bonchev–Trinajstić information content (AvgIpc) is 3.12. The zero-order valence-electron chi connectivity index (χ0n) is 14.8. The molecule has 0 saturated carbocycles. The summed E-state index contributed by atoms with van der Waals surface area (Å²) in [5.41, 5.74) is 2.88. The van der Waals surface area contributed by atoms with E-state index in [0.29, 0.717) is 22.4 Å². The number of benzene rings is 2. The Morgan fingerprint density at radius 1 is 1.23 bits per heavy atom. The molecule has 0 unspecified atom stereocenters. The monoisotopic (exact) mass is 353 g/mol. The maximum atomic E-state index is 13.4. The van der Waals surface area contributed by atoms with E-state index in [0.717, 1.165) is 25.1 Å². The van der Waals surface area contributed by atoms with Gasteiger partial charge in [0.05, 0.1) is 11.3 Å². The van der Waals surface area contributed by atoms with Crippen LogP contribution in [0.3, 0.4) is 0 Å². The van der Waals surface area contributed by atoms with Gasteiger partial charge in [0, 0.05) is 24.8 Å². The lowest BCUT2D eigenvalue weighted by Crippen LogP contribution is -2.50. The van der Waals surface area contributed by atoms with Gasteiger partial charge in [0.25, 0.3) is 11.8 Å². The fourth-order valence-electron chi connectivity index (χ4n) is 3.78. The summed E-state index contributed by atoms with van der Waals surface area (Å²) in [6.07, 6.45) is 1.99. The maximum absolute atomic E-state index is 13.4. The minimum Gasteiger partial charge on any atom is -0.354 e. The number of hydrogen-bond acceptors (Lipinski definition) is 3. The summed E-state index contributed by atoms with van der Waals surface area (Å²) in [6, 6.07) is 9.59. The second-order valence-corrected chi connectivity index (χ2v) is 6.88. The van der Waals surface area contributed by atoms with Gasteiger partial charge in [-0.15, -0.1) is 0 Å². The van der Waals surface area contributed by atoms with Crippen molar-refractivity contribution < 1.29 is 14.0 Å². The summed E-state index contributed by atoms with van der Waals surface area (Å²) in [4.78, 5) is 29.2. The summed E-state index contributed by atoms with van der Waals surface area (Å²) in [5.74, 6) is -0.562. The smallest absolute Gasteiger partial charge is 0.257 e. The van der Waals surface area contributed by atoms with Gasteiger partial charge in [0.1, 0.15) is 12.0 Å². The number of halogens is 1. The highest BCUT2D eigenvalue weighted by atomic mass is 19.1. The van der Waals surface area contributed by atoms with Crippen LogP contribution >= 0.6 is 0 Å². The molecule has 0 spiro atoms. The van der Waals surface area contributed by atoms with Crippen LogP contribution in [0.5, 0.6) is 0 Å². The van der Waals surface area contributed by atoms with Gasteiger partial charge in [-0.2, -0.15) is 0 Å². The molecule has 2 amide bonds. The first-order valence-corrected chi connectivity index (χ1v) is 8.71. The number of amides is 2. The second kappa shape index (κ2) is 6.12. The van der Waals surface area contributed by atoms with E-state index in [1.165, 1.54) is 12.1 Å². The number of aryl methyl sites for hydroxylation is 1. The molecular weight excluding hydrogens is 333 g/mol. The van der Waals surface area contributed by atoms with E-state index in [1.54, 1.807) is 31.2 Å². The predicted molar refractivity (Wildman–Crippen MR) is 98.0 cm³/mol. The fraction of sp³-hybridized carbons (Fsp3) is 0.300. The standard InChI is InChI=1S/C20H20FN3O2/c1-12-10-14(6-8-16(12)21)22-19(25)13-5-7-15-17(11-13)23(2)18-4-3-9-24(18)20(15)26/h5-8,10-11,18H,3-4,9H2,1-2H3,(H,22,25)/t18-/m0/s1. The number of rotatable bonds is 2. The largest absolute Gasteiger partial charge is 0.354 e. The molecule has 0 bridgehead atoms. The van der Waals surface area contributed by atoms with Crippen LogP contribution in [0.25, 0.3) is 0 Å². The molecule has 1 saturated heterocycles. The van der Waals surface area contributed by atoms with Gasteiger partial charge in [-0.25, -0.2) is 4.39 Å². The summed E-state index contributed by atoms with van der Waals surface area (Å²) < 4.78 is 13.4. The van der Waals surface area contributed by atoms with Crippen molar-refractivity contribution in [3.63, 3.8) is 0 Å². The highest BCUT2D eigenvalue weighted by Crippen LogP contribution is 2.35. The molecule has 1 atom stereocenters. The topological polar surface area (TPSA) is 52.7 Å². The molecule has 1 N–H and O–H groups in total. The zero-order valence-corrected chi connectivity index (χ0v) is 14.8. The van der Waals surface area contributed by atoms with E-state index in [2.05, 4.69) is 10.2 Å². The first kappa shape index (κ1) is 16.6. The van der Waals surface area contributed by atoms with Gasteiger partial charge in [-0.3, -0.25) is 9.59 Å². The van der Waals surface area contributed by atoms with Crippen LogP contribution in [-0.2, 0) is 0 Å². The van der Waals surface area contributed by atoms with Gasteiger partial charge in [-0.1, -0.05) is 0 Å². The molecule has 0 radical (unpaired) electrons. The molecule has 6 heteroatoms. The SMILES string of the molecule is Cc1cc(NC(=O)c2ccc3c(c2)N(C)[C@@H]2CCCN2C3=O)ccc1F. The molecule has 4 rings (SSSR count). The highest BCUT2D eigenvalue weighted by molar-refractivity contribution is 6.08. The van der Waals surface area contributed by atoms with Crippen LogP contribution in [0.2, 0.25) is 0 Å². The number of fused-ring (bicyclic) bond motifs is 2. The van der Waals surface area contributed by atoms with Gasteiger partial charge in [-0.05, 0) is 61.7 Å². The number of carbonyl (C=O) groups excluding carboxylic acids is 2. The van der Waals surface area contributed by atoms with Gasteiger partial charge < -0.3 is 15.1 Å². The Hall–Kier alpha value is -2.89. The molecule has 0 aromatic heterocycles. The molecule has 2 aliphatic rings. The van der Waals surface area contributed by atoms with Crippen molar-refractivity contribution in [1.29, 1.82) is 0 Å². The quantitative estimate of drug-likeness (QED) is 0.900. The van der Waals surface area contributed by atoms with Gasteiger partial charge >= 0.3 is 0 Å². The van der Waals surface area contributed by atoms with Crippen LogP contribution in [0, 0.1) is 12.7 Å². The van der Waals surface area contributed by atoms with E-state index >= 15 is 0 Å². The van der Waals surface area contributed by atoms with Crippen molar-refractivity contribution in [2.24, 2.45) is 0 Å². The van der Waals surface area contributed by atoms with Crippen LogP contribution < -0.4 is 10.2 Å². The Balaban J connectivity index is 1.62. The summed E-state index contributed by atoms with van der Waals surface area (Å²) in [7, 11) is 1.96. The molecule has 2 aliphatic heterocycles. The normalized spacial score (nSPS) is 18.6. The Bertz CT molecular complexity index is 912. The predicted octanol–water partition coefficient (Wildman–Crippen LogP) is 3.40. The first-order valence-electron chi connectivity index (χ1n) is 8.71. The lowest BCUT2D eigenvalue weighted by molar-refractivity contribution is 0.0719. The molecule has 2 aromatic carbocycles. The minimum absolute atomic E-state index is 0.0294. The molecule has 0 aliphatic carbocycles. The Morgan fingerprint density at radius 2 is 2.04 bits per heavy atom. The number of nitrogens with zero attached hydrogens (tertiary/aromatic N) is 2. The first-order chi connectivity index (χ1) is 12.5. The third kappa shape index (κ3) is 2.62. The molecular formula is C20H20FN3O2. The Labute approximate surface area is 151 Å². The van der Waals surface area contributed by atoms with E-state index in [9.17, 15) is 14.0 Å². The van der Waals surface area contributed by atoms with E-state index in [-0.39, 0.29) is 23.8 Å². The van der Waals surface area contributed by atoms with Crippen molar-refractivity contribution in [3.8, 4) is 0 Å². The molecule has 2 heterocycles. The number of anilines is 2.